The van der Waals surface area contributed by atoms with Crippen LogP contribution in [0.3, 0.4) is 0 Å². The Morgan fingerprint density at radius 1 is 1.26 bits per heavy atom. The number of fused-ring (bicyclic) bond motifs is 1. The number of amides is 1. The molecule has 0 aliphatic heterocycles. The van der Waals surface area contributed by atoms with Gasteiger partial charge in [-0.05, 0) is 68.9 Å². The Labute approximate surface area is 141 Å². The van der Waals surface area contributed by atoms with Crippen molar-refractivity contribution in [3.8, 4) is 5.75 Å². The van der Waals surface area contributed by atoms with Crippen LogP contribution < -0.4 is 10.1 Å². The standard InChI is InChI=1S/C19H23NO2S/c1-3-22-16-10-8-14(9-11-16)13(2)20-19(21)18-12-15-6-4-5-7-17(15)23-18/h8-13H,3-7H2,1-2H3,(H,20,21). The maximum Gasteiger partial charge on any atom is 0.261 e. The number of rotatable bonds is 5. The molecule has 1 N–H and O–H groups in total. The summed E-state index contributed by atoms with van der Waals surface area (Å²) < 4.78 is 5.45. The number of ether oxygens (including phenoxy) is 1. The molecule has 0 saturated carbocycles. The van der Waals surface area contributed by atoms with Crippen molar-refractivity contribution in [2.45, 2.75) is 45.6 Å². The van der Waals surface area contributed by atoms with Crippen molar-refractivity contribution in [2.75, 3.05) is 6.61 Å². The minimum Gasteiger partial charge on any atom is -0.494 e. The minimum absolute atomic E-state index is 0.0164. The lowest BCUT2D eigenvalue weighted by atomic mass is 9.99. The van der Waals surface area contributed by atoms with Crippen molar-refractivity contribution in [2.24, 2.45) is 0 Å². The van der Waals surface area contributed by atoms with Crippen LogP contribution in [0.2, 0.25) is 0 Å². The molecule has 0 spiro atoms. The number of carbonyl (C=O) groups is 1. The van der Waals surface area contributed by atoms with Gasteiger partial charge in [-0.3, -0.25) is 4.79 Å². The van der Waals surface area contributed by atoms with Gasteiger partial charge in [-0.1, -0.05) is 12.1 Å². The summed E-state index contributed by atoms with van der Waals surface area (Å²) in [6.07, 6.45) is 4.74. The summed E-state index contributed by atoms with van der Waals surface area (Å²) >= 11 is 1.66. The van der Waals surface area contributed by atoms with Crippen LogP contribution in [0.25, 0.3) is 0 Å². The zero-order chi connectivity index (χ0) is 16.2. The Morgan fingerprint density at radius 2 is 2.00 bits per heavy atom. The van der Waals surface area contributed by atoms with Gasteiger partial charge < -0.3 is 10.1 Å². The molecule has 1 heterocycles. The van der Waals surface area contributed by atoms with Crippen LogP contribution in [-0.4, -0.2) is 12.5 Å². The summed E-state index contributed by atoms with van der Waals surface area (Å²) in [5.41, 5.74) is 2.46. The van der Waals surface area contributed by atoms with Gasteiger partial charge in [0, 0.05) is 4.88 Å². The van der Waals surface area contributed by atoms with Crippen molar-refractivity contribution < 1.29 is 9.53 Å². The average Bonchev–Trinajstić information content (AvgIpc) is 3.00. The molecule has 1 aromatic carbocycles. The molecule has 0 bridgehead atoms. The molecular formula is C19H23NO2S. The van der Waals surface area contributed by atoms with Gasteiger partial charge >= 0.3 is 0 Å². The molecule has 122 valence electrons. The van der Waals surface area contributed by atoms with Crippen LogP contribution >= 0.6 is 11.3 Å². The Kier molecular flexibility index (Phi) is 5.01. The Hall–Kier alpha value is -1.81. The van der Waals surface area contributed by atoms with E-state index in [2.05, 4.69) is 11.4 Å². The smallest absolute Gasteiger partial charge is 0.261 e. The van der Waals surface area contributed by atoms with E-state index in [-0.39, 0.29) is 11.9 Å². The largest absolute Gasteiger partial charge is 0.494 e. The highest BCUT2D eigenvalue weighted by molar-refractivity contribution is 7.14. The van der Waals surface area contributed by atoms with E-state index >= 15 is 0 Å². The van der Waals surface area contributed by atoms with E-state index in [0.717, 1.165) is 29.0 Å². The Balaban J connectivity index is 1.65. The van der Waals surface area contributed by atoms with Crippen LogP contribution in [0.15, 0.2) is 30.3 Å². The molecule has 3 nitrogen and oxygen atoms in total. The first-order chi connectivity index (χ1) is 11.2. The number of hydrogen-bond acceptors (Lipinski definition) is 3. The first-order valence-electron chi connectivity index (χ1n) is 8.32. The van der Waals surface area contributed by atoms with Crippen molar-refractivity contribution in [1.29, 1.82) is 0 Å². The van der Waals surface area contributed by atoms with Crippen LogP contribution in [0.5, 0.6) is 5.75 Å². The van der Waals surface area contributed by atoms with Crippen LogP contribution in [0.4, 0.5) is 0 Å². The first-order valence-corrected chi connectivity index (χ1v) is 9.14. The van der Waals surface area contributed by atoms with Gasteiger partial charge in [0.2, 0.25) is 0 Å². The molecule has 4 heteroatoms. The quantitative estimate of drug-likeness (QED) is 0.876. The molecule has 23 heavy (non-hydrogen) atoms. The van der Waals surface area contributed by atoms with Crippen LogP contribution in [0.1, 0.15) is 58.4 Å². The van der Waals surface area contributed by atoms with Crippen molar-refractivity contribution in [3.05, 3.63) is 51.2 Å². The van der Waals surface area contributed by atoms with Gasteiger partial charge in [0.25, 0.3) is 5.91 Å². The van der Waals surface area contributed by atoms with E-state index in [1.807, 2.05) is 38.1 Å². The molecule has 0 fully saturated rings. The molecule has 1 aromatic heterocycles. The lowest BCUT2D eigenvalue weighted by Crippen LogP contribution is -2.25. The number of benzene rings is 1. The van der Waals surface area contributed by atoms with E-state index in [4.69, 9.17) is 4.74 Å². The van der Waals surface area contributed by atoms with Gasteiger partial charge in [-0.15, -0.1) is 11.3 Å². The maximum atomic E-state index is 12.5. The second-order valence-electron chi connectivity index (χ2n) is 5.96. The van der Waals surface area contributed by atoms with Gasteiger partial charge in [0.1, 0.15) is 5.75 Å². The molecule has 1 aliphatic carbocycles. The number of aryl methyl sites for hydroxylation is 2. The molecule has 2 aromatic rings. The number of thiophene rings is 1. The fraction of sp³-hybridized carbons (Fsp3) is 0.421. The second kappa shape index (κ2) is 7.18. The van der Waals surface area contributed by atoms with E-state index in [0.29, 0.717) is 6.61 Å². The average molecular weight is 329 g/mol. The van der Waals surface area contributed by atoms with Crippen molar-refractivity contribution in [3.63, 3.8) is 0 Å². The number of hydrogen-bond donors (Lipinski definition) is 1. The van der Waals surface area contributed by atoms with E-state index < -0.39 is 0 Å². The molecule has 1 amide bonds. The van der Waals surface area contributed by atoms with Crippen LogP contribution in [0, 0.1) is 0 Å². The third-order valence-electron chi connectivity index (χ3n) is 4.26. The lowest BCUT2D eigenvalue weighted by Gasteiger charge is -2.14. The summed E-state index contributed by atoms with van der Waals surface area (Å²) in [5.74, 6) is 0.895. The minimum atomic E-state index is -0.0164. The second-order valence-corrected chi connectivity index (χ2v) is 7.10. The summed E-state index contributed by atoms with van der Waals surface area (Å²) in [4.78, 5) is 14.7. The van der Waals surface area contributed by atoms with Crippen molar-refractivity contribution in [1.82, 2.24) is 5.32 Å². The topological polar surface area (TPSA) is 38.3 Å². The van der Waals surface area contributed by atoms with E-state index in [1.54, 1.807) is 11.3 Å². The predicted octanol–water partition coefficient (Wildman–Crippen LogP) is 4.52. The third kappa shape index (κ3) is 3.75. The molecule has 1 atom stereocenters. The zero-order valence-corrected chi connectivity index (χ0v) is 14.5. The molecule has 0 radical (unpaired) electrons. The van der Waals surface area contributed by atoms with E-state index in [1.165, 1.54) is 23.3 Å². The highest BCUT2D eigenvalue weighted by Gasteiger charge is 2.18. The summed E-state index contributed by atoms with van der Waals surface area (Å²) in [6, 6.07) is 9.98. The van der Waals surface area contributed by atoms with Gasteiger partial charge in [-0.2, -0.15) is 0 Å². The lowest BCUT2D eigenvalue weighted by molar-refractivity contribution is 0.0944. The van der Waals surface area contributed by atoms with Gasteiger partial charge in [0.05, 0.1) is 17.5 Å². The highest BCUT2D eigenvalue weighted by Crippen LogP contribution is 2.30. The fourth-order valence-corrected chi connectivity index (χ4v) is 4.13. The van der Waals surface area contributed by atoms with Gasteiger partial charge in [-0.25, -0.2) is 0 Å². The zero-order valence-electron chi connectivity index (χ0n) is 13.7. The van der Waals surface area contributed by atoms with Gasteiger partial charge in [0.15, 0.2) is 0 Å². The summed E-state index contributed by atoms with van der Waals surface area (Å²) in [7, 11) is 0. The van der Waals surface area contributed by atoms with Crippen molar-refractivity contribution >= 4 is 17.2 Å². The molecular weight excluding hydrogens is 306 g/mol. The fourth-order valence-electron chi connectivity index (χ4n) is 2.97. The number of nitrogens with one attached hydrogen (secondary N) is 1. The highest BCUT2D eigenvalue weighted by atomic mass is 32.1. The Bertz CT molecular complexity index is 652. The Morgan fingerprint density at radius 3 is 2.70 bits per heavy atom. The first kappa shape index (κ1) is 16.1. The number of carbonyl (C=O) groups excluding carboxylic acids is 1. The predicted molar refractivity (Wildman–Crippen MR) is 94.5 cm³/mol. The molecule has 1 unspecified atom stereocenters. The molecule has 3 rings (SSSR count). The maximum absolute atomic E-state index is 12.5. The summed E-state index contributed by atoms with van der Waals surface area (Å²) in [5, 5.41) is 3.10. The SMILES string of the molecule is CCOc1ccc(C(C)NC(=O)c2cc3c(s2)CCCC3)cc1. The molecule has 0 saturated heterocycles. The molecule has 1 aliphatic rings. The normalized spacial score (nSPS) is 14.9. The monoisotopic (exact) mass is 329 g/mol. The third-order valence-corrected chi connectivity index (χ3v) is 5.49. The summed E-state index contributed by atoms with van der Waals surface area (Å²) in [6.45, 7) is 4.65. The van der Waals surface area contributed by atoms with E-state index in [9.17, 15) is 4.79 Å². The van der Waals surface area contributed by atoms with Crippen LogP contribution in [-0.2, 0) is 12.8 Å².